The molecule has 0 aliphatic rings. The van der Waals surface area contributed by atoms with E-state index in [0.29, 0.717) is 13.2 Å². The maximum Gasteiger partial charge on any atom is 0.0644 e. The molecule has 0 unspecified atom stereocenters. The summed E-state index contributed by atoms with van der Waals surface area (Å²) in [6.07, 6.45) is 2.67. The van der Waals surface area contributed by atoms with Crippen molar-refractivity contribution in [3.8, 4) is 0 Å². The lowest BCUT2D eigenvalue weighted by Gasteiger charge is -1.95. The van der Waals surface area contributed by atoms with Crippen LogP contribution in [0.15, 0.2) is 12.7 Å². The molecule has 0 heterocycles. The van der Waals surface area contributed by atoms with E-state index in [1.54, 1.807) is 6.08 Å². The molecule has 0 atom stereocenters. The topological polar surface area (TPSA) is 35.2 Å². The fraction of sp³-hybridized carbons (Fsp3) is 0.667. The van der Waals surface area contributed by atoms with E-state index in [1.807, 2.05) is 0 Å². The van der Waals surface area contributed by atoms with Gasteiger partial charge in [-0.15, -0.1) is 6.58 Å². The SMILES string of the molecule is C=CCOCCCN. The standard InChI is InChI=1S/C6H13NO/c1-2-5-8-6-3-4-7/h2H,1,3-7H2. The summed E-state index contributed by atoms with van der Waals surface area (Å²) in [6, 6.07) is 0. The van der Waals surface area contributed by atoms with Crippen LogP contribution in [-0.4, -0.2) is 19.8 Å². The quantitative estimate of drug-likeness (QED) is 0.419. The van der Waals surface area contributed by atoms with E-state index in [4.69, 9.17) is 10.5 Å². The van der Waals surface area contributed by atoms with Crippen molar-refractivity contribution in [2.75, 3.05) is 19.8 Å². The van der Waals surface area contributed by atoms with Crippen LogP contribution in [0.25, 0.3) is 0 Å². The molecule has 0 radical (unpaired) electrons. The summed E-state index contributed by atoms with van der Waals surface area (Å²) in [6.45, 7) is 5.60. The molecule has 0 fully saturated rings. The Kier molecular flexibility index (Phi) is 6.38. The van der Waals surface area contributed by atoms with Crippen molar-refractivity contribution < 1.29 is 4.74 Å². The molecular weight excluding hydrogens is 102 g/mol. The number of ether oxygens (including phenoxy) is 1. The predicted molar refractivity (Wildman–Crippen MR) is 34.7 cm³/mol. The Balaban J connectivity index is 2.62. The maximum atomic E-state index is 5.20. The third-order valence-corrected chi connectivity index (χ3v) is 0.729. The van der Waals surface area contributed by atoms with Gasteiger partial charge in [-0.3, -0.25) is 0 Å². The average molecular weight is 115 g/mol. The van der Waals surface area contributed by atoms with Crippen LogP contribution in [-0.2, 0) is 4.74 Å². The minimum atomic E-state index is 0.639. The van der Waals surface area contributed by atoms with Crippen molar-refractivity contribution in [2.45, 2.75) is 6.42 Å². The fourth-order valence-electron chi connectivity index (χ4n) is 0.352. The van der Waals surface area contributed by atoms with Crippen LogP contribution in [0.3, 0.4) is 0 Å². The highest BCUT2D eigenvalue weighted by Gasteiger charge is 1.80. The van der Waals surface area contributed by atoms with Gasteiger partial charge in [0.05, 0.1) is 6.61 Å². The second-order valence-electron chi connectivity index (χ2n) is 1.51. The van der Waals surface area contributed by atoms with Crippen molar-refractivity contribution in [3.63, 3.8) is 0 Å². The van der Waals surface area contributed by atoms with Crippen molar-refractivity contribution in [2.24, 2.45) is 5.73 Å². The minimum absolute atomic E-state index is 0.639. The fourth-order valence-corrected chi connectivity index (χ4v) is 0.352. The molecule has 0 aromatic rings. The van der Waals surface area contributed by atoms with E-state index in [9.17, 15) is 0 Å². The van der Waals surface area contributed by atoms with Gasteiger partial charge in [-0.1, -0.05) is 6.08 Å². The minimum Gasteiger partial charge on any atom is -0.377 e. The molecule has 2 nitrogen and oxygen atoms in total. The molecule has 0 aromatic heterocycles. The molecule has 48 valence electrons. The van der Waals surface area contributed by atoms with Gasteiger partial charge < -0.3 is 10.5 Å². The van der Waals surface area contributed by atoms with Crippen molar-refractivity contribution >= 4 is 0 Å². The van der Waals surface area contributed by atoms with Gasteiger partial charge in [0.2, 0.25) is 0 Å². The van der Waals surface area contributed by atoms with E-state index in [1.165, 1.54) is 0 Å². The third kappa shape index (κ3) is 5.66. The molecular formula is C6H13NO. The first-order valence-electron chi connectivity index (χ1n) is 2.80. The monoisotopic (exact) mass is 115 g/mol. The maximum absolute atomic E-state index is 5.20. The van der Waals surface area contributed by atoms with Gasteiger partial charge in [-0.25, -0.2) is 0 Å². The lowest BCUT2D eigenvalue weighted by molar-refractivity contribution is 0.161. The molecule has 0 bridgehead atoms. The molecule has 2 heteroatoms. The van der Waals surface area contributed by atoms with Crippen LogP contribution in [0.5, 0.6) is 0 Å². The zero-order valence-corrected chi connectivity index (χ0v) is 5.10. The third-order valence-electron chi connectivity index (χ3n) is 0.729. The summed E-state index contributed by atoms with van der Waals surface area (Å²) in [7, 11) is 0. The Labute approximate surface area is 50.3 Å². The lowest BCUT2D eigenvalue weighted by Crippen LogP contribution is -2.03. The Bertz CT molecular complexity index is 54.5. The van der Waals surface area contributed by atoms with Gasteiger partial charge in [0.1, 0.15) is 0 Å². The smallest absolute Gasteiger partial charge is 0.0644 e. The molecule has 0 saturated carbocycles. The zero-order chi connectivity index (χ0) is 6.24. The Morgan fingerprint density at radius 1 is 1.62 bits per heavy atom. The van der Waals surface area contributed by atoms with E-state index < -0.39 is 0 Å². The van der Waals surface area contributed by atoms with Crippen LogP contribution < -0.4 is 5.73 Å². The second-order valence-corrected chi connectivity index (χ2v) is 1.51. The van der Waals surface area contributed by atoms with E-state index in [2.05, 4.69) is 6.58 Å². The molecule has 0 rings (SSSR count). The van der Waals surface area contributed by atoms with Crippen molar-refractivity contribution in [1.82, 2.24) is 0 Å². The zero-order valence-electron chi connectivity index (χ0n) is 5.10. The molecule has 2 N–H and O–H groups in total. The Morgan fingerprint density at radius 3 is 2.88 bits per heavy atom. The Hall–Kier alpha value is -0.340. The summed E-state index contributed by atoms with van der Waals surface area (Å²) < 4.78 is 5.03. The van der Waals surface area contributed by atoms with Crippen molar-refractivity contribution in [1.29, 1.82) is 0 Å². The van der Waals surface area contributed by atoms with Gasteiger partial charge in [0.15, 0.2) is 0 Å². The van der Waals surface area contributed by atoms with E-state index in [0.717, 1.165) is 13.0 Å². The molecule has 0 amide bonds. The lowest BCUT2D eigenvalue weighted by atomic mass is 10.5. The highest BCUT2D eigenvalue weighted by molar-refractivity contribution is 4.63. The number of hydrogen-bond donors (Lipinski definition) is 1. The summed E-state index contributed by atoms with van der Waals surface area (Å²) in [5, 5.41) is 0. The summed E-state index contributed by atoms with van der Waals surface area (Å²) in [5.74, 6) is 0. The molecule has 0 saturated heterocycles. The number of hydrogen-bond acceptors (Lipinski definition) is 2. The summed E-state index contributed by atoms with van der Waals surface area (Å²) in [5.41, 5.74) is 5.20. The van der Waals surface area contributed by atoms with Gasteiger partial charge in [-0.2, -0.15) is 0 Å². The molecule has 0 aliphatic carbocycles. The van der Waals surface area contributed by atoms with Crippen LogP contribution in [0.2, 0.25) is 0 Å². The number of rotatable bonds is 5. The van der Waals surface area contributed by atoms with Crippen LogP contribution in [0.4, 0.5) is 0 Å². The van der Waals surface area contributed by atoms with Gasteiger partial charge in [0.25, 0.3) is 0 Å². The first-order chi connectivity index (χ1) is 3.91. The largest absolute Gasteiger partial charge is 0.377 e. The normalized spacial score (nSPS) is 9.12. The highest BCUT2D eigenvalue weighted by atomic mass is 16.5. The molecule has 0 aliphatic heterocycles. The first kappa shape index (κ1) is 7.66. The molecule has 0 aromatic carbocycles. The van der Waals surface area contributed by atoms with Gasteiger partial charge in [-0.05, 0) is 13.0 Å². The number of nitrogens with two attached hydrogens (primary N) is 1. The van der Waals surface area contributed by atoms with Gasteiger partial charge >= 0.3 is 0 Å². The highest BCUT2D eigenvalue weighted by Crippen LogP contribution is 1.78. The van der Waals surface area contributed by atoms with Crippen LogP contribution >= 0.6 is 0 Å². The molecule has 0 spiro atoms. The second kappa shape index (κ2) is 6.66. The first-order valence-corrected chi connectivity index (χ1v) is 2.80. The average Bonchev–Trinajstić information content (AvgIpc) is 1.81. The molecule has 8 heavy (non-hydrogen) atoms. The predicted octanol–water partition coefficient (Wildman–Crippen LogP) is 0.538. The van der Waals surface area contributed by atoms with E-state index in [-0.39, 0.29) is 0 Å². The van der Waals surface area contributed by atoms with Crippen LogP contribution in [0, 0.1) is 0 Å². The van der Waals surface area contributed by atoms with Crippen molar-refractivity contribution in [3.05, 3.63) is 12.7 Å². The van der Waals surface area contributed by atoms with Crippen LogP contribution in [0.1, 0.15) is 6.42 Å². The van der Waals surface area contributed by atoms with E-state index >= 15 is 0 Å². The van der Waals surface area contributed by atoms with Gasteiger partial charge in [0, 0.05) is 6.61 Å². The summed E-state index contributed by atoms with van der Waals surface area (Å²) >= 11 is 0. The summed E-state index contributed by atoms with van der Waals surface area (Å²) in [4.78, 5) is 0. The Morgan fingerprint density at radius 2 is 2.38 bits per heavy atom.